The fraction of sp³-hybridized carbons (Fsp3) is 0.0606. The van der Waals surface area contributed by atoms with Crippen molar-refractivity contribution in [3.8, 4) is 22.8 Å². The first-order chi connectivity index (χ1) is 19.8. The first-order valence-electron chi connectivity index (χ1n) is 12.3. The summed E-state index contributed by atoms with van der Waals surface area (Å²) in [7, 11) is 0. The predicted molar refractivity (Wildman–Crippen MR) is 175 cm³/mol. The Balaban J connectivity index is 0.000000281. The van der Waals surface area contributed by atoms with E-state index in [0.29, 0.717) is 0 Å². The maximum absolute atomic E-state index is 4.19. The molecule has 1 radical (unpaired) electrons. The number of nitrogens with zero attached hydrogens (tertiary/aromatic N) is 6. The van der Waals surface area contributed by atoms with Gasteiger partial charge in [0.1, 0.15) is 0 Å². The van der Waals surface area contributed by atoms with Crippen molar-refractivity contribution in [3.63, 3.8) is 0 Å². The van der Waals surface area contributed by atoms with E-state index in [1.54, 1.807) is 37.2 Å². The molecule has 0 spiro atoms. The number of pyridine rings is 6. The summed E-state index contributed by atoms with van der Waals surface area (Å²) in [4.78, 5) is 24.6. The normalized spacial score (nSPS) is 9.00. The molecule has 0 saturated carbocycles. The van der Waals surface area contributed by atoms with Crippen molar-refractivity contribution in [2.45, 2.75) is 10.7 Å². The van der Waals surface area contributed by atoms with Gasteiger partial charge in [0.2, 0.25) is 0 Å². The standard InChI is InChI=1S/2C10H8N2.2C6H6BrN.CH3.Ru/c2*1-3-7-11-9(5-1)10-6-2-4-8-12-10;2*7-4-6-2-1-3-8-5-6;;/h2*1-8H;2*1-3,5H,4H2;1H3;/q;;;;-1;+3. The quantitative estimate of drug-likeness (QED) is 0.101. The molecular weight excluding hydrogens is 741 g/mol. The molecule has 0 fully saturated rings. The van der Waals surface area contributed by atoms with Crippen molar-refractivity contribution in [1.29, 1.82) is 0 Å². The Morgan fingerprint density at radius 1 is 0.405 bits per heavy atom. The summed E-state index contributed by atoms with van der Waals surface area (Å²) in [5.41, 5.74) is 6.09. The third-order valence-electron chi connectivity index (χ3n) is 4.94. The minimum atomic E-state index is 0. The molecule has 0 unspecified atom stereocenters. The van der Waals surface area contributed by atoms with E-state index in [1.807, 2.05) is 109 Å². The molecule has 6 aromatic rings. The van der Waals surface area contributed by atoms with Gasteiger partial charge in [-0.05, 0) is 71.8 Å². The van der Waals surface area contributed by atoms with Crippen LogP contribution in [0.25, 0.3) is 22.8 Å². The molecule has 0 atom stereocenters. The van der Waals surface area contributed by atoms with Crippen LogP contribution < -0.4 is 0 Å². The van der Waals surface area contributed by atoms with Gasteiger partial charge < -0.3 is 7.43 Å². The SMILES string of the molecule is BrCc1cccnc1.BrCc1cccnc1.[CH3-].[Ru+3].c1ccc(-c2ccccn2)nc1.c1ccc(-c2ccccn2)nc1. The van der Waals surface area contributed by atoms with Crippen LogP contribution in [-0.4, -0.2) is 29.9 Å². The number of hydrogen-bond acceptors (Lipinski definition) is 6. The van der Waals surface area contributed by atoms with Crippen molar-refractivity contribution in [3.05, 3.63) is 165 Å². The Bertz CT molecular complexity index is 1250. The van der Waals surface area contributed by atoms with Crippen molar-refractivity contribution in [1.82, 2.24) is 29.9 Å². The molecule has 6 heterocycles. The molecule has 0 amide bonds. The van der Waals surface area contributed by atoms with Gasteiger partial charge in [-0.15, -0.1) is 0 Å². The van der Waals surface area contributed by atoms with E-state index >= 15 is 0 Å². The van der Waals surface area contributed by atoms with E-state index in [4.69, 9.17) is 0 Å². The molecule has 6 rings (SSSR count). The van der Waals surface area contributed by atoms with Crippen molar-refractivity contribution in [2.75, 3.05) is 0 Å². The van der Waals surface area contributed by atoms with Crippen LogP contribution in [0.15, 0.2) is 147 Å². The van der Waals surface area contributed by atoms with Gasteiger partial charge in [-0.25, -0.2) is 0 Å². The topological polar surface area (TPSA) is 77.3 Å². The Labute approximate surface area is 278 Å². The second kappa shape index (κ2) is 23.1. The molecule has 42 heavy (non-hydrogen) atoms. The molecule has 6 nitrogen and oxygen atoms in total. The summed E-state index contributed by atoms with van der Waals surface area (Å²) in [6, 6.07) is 31.1. The molecular formula is C33H31Br2N6Ru+2. The third-order valence-corrected chi connectivity index (χ3v) is 6.23. The fourth-order valence-electron chi connectivity index (χ4n) is 3.01. The summed E-state index contributed by atoms with van der Waals surface area (Å²) in [6.45, 7) is 0. The summed E-state index contributed by atoms with van der Waals surface area (Å²) < 4.78 is 0. The Kier molecular flexibility index (Phi) is 20.1. The van der Waals surface area contributed by atoms with Crippen molar-refractivity contribution >= 4 is 31.9 Å². The van der Waals surface area contributed by atoms with Crippen LogP contribution in [0, 0.1) is 7.43 Å². The monoisotopic (exact) mass is 771 g/mol. The van der Waals surface area contributed by atoms with Gasteiger partial charge >= 0.3 is 19.5 Å². The summed E-state index contributed by atoms with van der Waals surface area (Å²) in [5, 5.41) is 1.78. The van der Waals surface area contributed by atoms with E-state index in [0.717, 1.165) is 33.4 Å². The minimum absolute atomic E-state index is 0. The number of alkyl halides is 2. The Morgan fingerprint density at radius 3 is 0.881 bits per heavy atom. The van der Waals surface area contributed by atoms with Crippen LogP contribution in [-0.2, 0) is 30.1 Å². The van der Waals surface area contributed by atoms with Gasteiger partial charge in [-0.3, -0.25) is 29.9 Å². The number of halogens is 2. The Hall–Kier alpha value is -3.52. The molecule has 0 aliphatic rings. The van der Waals surface area contributed by atoms with Gasteiger partial charge in [0, 0.05) is 60.2 Å². The van der Waals surface area contributed by atoms with Gasteiger partial charge in [0.25, 0.3) is 0 Å². The predicted octanol–water partition coefficient (Wildman–Crippen LogP) is 8.69. The molecule has 213 valence electrons. The largest absolute Gasteiger partial charge is 3.00 e. The van der Waals surface area contributed by atoms with Crippen LogP contribution in [0.3, 0.4) is 0 Å². The van der Waals surface area contributed by atoms with Gasteiger partial charge in [-0.2, -0.15) is 0 Å². The van der Waals surface area contributed by atoms with E-state index in [2.05, 4.69) is 61.8 Å². The van der Waals surface area contributed by atoms with E-state index in [1.165, 1.54) is 11.1 Å². The van der Waals surface area contributed by atoms with Crippen LogP contribution in [0.2, 0.25) is 0 Å². The van der Waals surface area contributed by atoms with Crippen LogP contribution >= 0.6 is 31.9 Å². The van der Waals surface area contributed by atoms with Crippen molar-refractivity contribution in [2.24, 2.45) is 0 Å². The zero-order chi connectivity index (χ0) is 28.1. The molecule has 0 aliphatic carbocycles. The summed E-state index contributed by atoms with van der Waals surface area (Å²) in [6.07, 6.45) is 14.3. The fourth-order valence-corrected chi connectivity index (χ4v) is 3.67. The van der Waals surface area contributed by atoms with Gasteiger partial charge in [0.15, 0.2) is 0 Å². The van der Waals surface area contributed by atoms with Gasteiger partial charge in [-0.1, -0.05) is 68.3 Å². The maximum Gasteiger partial charge on any atom is 3.00 e. The average Bonchev–Trinajstić information content (AvgIpc) is 3.08. The molecule has 0 aliphatic heterocycles. The minimum Gasteiger partial charge on any atom is -0.358 e. The average molecular weight is 773 g/mol. The van der Waals surface area contributed by atoms with Crippen LogP contribution in [0.4, 0.5) is 0 Å². The third kappa shape index (κ3) is 14.4. The first-order valence-corrected chi connectivity index (χ1v) is 14.6. The second-order valence-corrected chi connectivity index (χ2v) is 8.97. The molecule has 6 aromatic heterocycles. The summed E-state index contributed by atoms with van der Waals surface area (Å²) in [5.74, 6) is 0. The molecule has 0 saturated heterocycles. The second-order valence-electron chi connectivity index (χ2n) is 7.85. The molecule has 0 N–H and O–H groups in total. The Morgan fingerprint density at radius 2 is 0.714 bits per heavy atom. The number of rotatable bonds is 4. The molecule has 0 aromatic carbocycles. The summed E-state index contributed by atoms with van der Waals surface area (Å²) >= 11 is 6.63. The maximum atomic E-state index is 4.19. The van der Waals surface area contributed by atoms with E-state index in [9.17, 15) is 0 Å². The molecule has 9 heteroatoms. The zero-order valence-electron chi connectivity index (χ0n) is 23.1. The van der Waals surface area contributed by atoms with Crippen LogP contribution in [0.5, 0.6) is 0 Å². The van der Waals surface area contributed by atoms with E-state index < -0.39 is 0 Å². The van der Waals surface area contributed by atoms with Crippen molar-refractivity contribution < 1.29 is 19.5 Å². The zero-order valence-corrected chi connectivity index (χ0v) is 28.0. The smallest absolute Gasteiger partial charge is 0.358 e. The van der Waals surface area contributed by atoms with Gasteiger partial charge in [0.05, 0.1) is 22.8 Å². The number of hydrogen-bond donors (Lipinski definition) is 0. The van der Waals surface area contributed by atoms with E-state index in [-0.39, 0.29) is 26.9 Å². The first kappa shape index (κ1) is 36.5. The molecule has 0 bridgehead atoms. The van der Waals surface area contributed by atoms with Crippen LogP contribution in [0.1, 0.15) is 11.1 Å². The number of aromatic nitrogens is 6.